The summed E-state index contributed by atoms with van der Waals surface area (Å²) in [5, 5.41) is 4.00. The standard InChI is InChI=1S/C13H12N2O2S2/c1-9(10-6-7-18-8-10)14-13-11-4-2-3-5-12(11)19(16,17)15-13/h2-9H,1H3,(H,14,15). The van der Waals surface area contributed by atoms with Gasteiger partial charge in [0.15, 0.2) is 0 Å². The van der Waals surface area contributed by atoms with Crippen molar-refractivity contribution in [2.75, 3.05) is 0 Å². The van der Waals surface area contributed by atoms with Crippen LogP contribution in [0.25, 0.3) is 0 Å². The Hall–Kier alpha value is -1.66. The van der Waals surface area contributed by atoms with Crippen molar-refractivity contribution in [2.45, 2.75) is 17.9 Å². The SMILES string of the molecule is CC(N=C1NS(=O)(=O)c2ccccc21)c1ccsc1. The fourth-order valence-electron chi connectivity index (χ4n) is 2.01. The average Bonchev–Trinajstić information content (AvgIpc) is 2.98. The second kappa shape index (κ2) is 4.47. The monoisotopic (exact) mass is 292 g/mol. The third kappa shape index (κ3) is 2.17. The van der Waals surface area contributed by atoms with Gasteiger partial charge in [-0.15, -0.1) is 0 Å². The Labute approximate surface area is 115 Å². The first kappa shape index (κ1) is 12.4. The van der Waals surface area contributed by atoms with E-state index >= 15 is 0 Å². The quantitative estimate of drug-likeness (QED) is 0.924. The first-order valence-electron chi connectivity index (χ1n) is 5.80. The van der Waals surface area contributed by atoms with E-state index in [1.807, 2.05) is 29.8 Å². The molecule has 1 unspecified atom stereocenters. The lowest BCUT2D eigenvalue weighted by Gasteiger charge is -2.05. The van der Waals surface area contributed by atoms with E-state index in [2.05, 4.69) is 9.71 Å². The lowest BCUT2D eigenvalue weighted by Crippen LogP contribution is -2.22. The summed E-state index contributed by atoms with van der Waals surface area (Å²) in [4.78, 5) is 4.79. The molecule has 0 saturated heterocycles. The molecule has 1 N–H and O–H groups in total. The lowest BCUT2D eigenvalue weighted by atomic mass is 10.1. The maximum Gasteiger partial charge on any atom is 0.263 e. The van der Waals surface area contributed by atoms with Gasteiger partial charge in [0, 0.05) is 5.56 Å². The topological polar surface area (TPSA) is 58.5 Å². The number of amidine groups is 1. The molecule has 2 heterocycles. The van der Waals surface area contributed by atoms with Gasteiger partial charge in [-0.25, -0.2) is 8.42 Å². The Balaban J connectivity index is 2.05. The number of fused-ring (bicyclic) bond motifs is 1. The maximum atomic E-state index is 11.9. The fraction of sp³-hybridized carbons (Fsp3) is 0.154. The number of benzene rings is 1. The zero-order chi connectivity index (χ0) is 13.5. The summed E-state index contributed by atoms with van der Waals surface area (Å²) < 4.78 is 26.4. The number of hydrogen-bond acceptors (Lipinski definition) is 4. The van der Waals surface area contributed by atoms with Gasteiger partial charge in [-0.3, -0.25) is 9.71 Å². The summed E-state index contributed by atoms with van der Waals surface area (Å²) in [5.41, 5.74) is 1.73. The van der Waals surface area contributed by atoms with E-state index in [-0.39, 0.29) is 6.04 Å². The smallest absolute Gasteiger partial charge is 0.263 e. The van der Waals surface area contributed by atoms with E-state index in [1.165, 1.54) is 0 Å². The van der Waals surface area contributed by atoms with Crippen molar-refractivity contribution in [3.63, 3.8) is 0 Å². The van der Waals surface area contributed by atoms with E-state index in [0.29, 0.717) is 16.3 Å². The molecule has 0 bridgehead atoms. The minimum Gasteiger partial charge on any atom is -0.263 e. The zero-order valence-electron chi connectivity index (χ0n) is 10.2. The number of thiophene rings is 1. The van der Waals surface area contributed by atoms with Crippen LogP contribution in [0.3, 0.4) is 0 Å². The predicted octanol–water partition coefficient (Wildman–Crippen LogP) is 2.55. The van der Waals surface area contributed by atoms with Crippen LogP contribution in [0.5, 0.6) is 0 Å². The molecular formula is C13H12N2O2S2. The minimum atomic E-state index is -3.45. The maximum absolute atomic E-state index is 11.9. The van der Waals surface area contributed by atoms with Gasteiger partial charge < -0.3 is 0 Å². The largest absolute Gasteiger partial charge is 0.263 e. The summed E-state index contributed by atoms with van der Waals surface area (Å²) in [5.74, 6) is 0.425. The molecule has 4 nitrogen and oxygen atoms in total. The van der Waals surface area contributed by atoms with Crippen LogP contribution in [-0.4, -0.2) is 14.3 Å². The molecule has 0 amide bonds. The van der Waals surface area contributed by atoms with Crippen LogP contribution in [-0.2, 0) is 10.0 Å². The summed E-state index contributed by atoms with van der Waals surface area (Å²) in [6, 6.07) is 8.81. The van der Waals surface area contributed by atoms with Gasteiger partial charge in [-0.2, -0.15) is 11.3 Å². The molecule has 0 aliphatic carbocycles. The first-order chi connectivity index (χ1) is 9.08. The Morgan fingerprint density at radius 2 is 2.05 bits per heavy atom. The van der Waals surface area contributed by atoms with Gasteiger partial charge in [0.1, 0.15) is 5.84 Å². The molecule has 0 saturated carbocycles. The molecule has 2 aromatic rings. The van der Waals surface area contributed by atoms with Crippen molar-refractivity contribution in [1.29, 1.82) is 0 Å². The molecule has 0 fully saturated rings. The predicted molar refractivity (Wildman–Crippen MR) is 76.0 cm³/mol. The number of hydrogen-bond donors (Lipinski definition) is 1. The number of nitrogens with zero attached hydrogens (tertiary/aromatic N) is 1. The Kier molecular flexibility index (Phi) is 2.91. The summed E-state index contributed by atoms with van der Waals surface area (Å²) in [6.07, 6.45) is 0. The van der Waals surface area contributed by atoms with Crippen LogP contribution < -0.4 is 4.72 Å². The highest BCUT2D eigenvalue weighted by atomic mass is 32.2. The highest BCUT2D eigenvalue weighted by molar-refractivity contribution is 7.90. The van der Waals surface area contributed by atoms with E-state index in [0.717, 1.165) is 5.56 Å². The van der Waals surface area contributed by atoms with Crippen molar-refractivity contribution in [2.24, 2.45) is 4.99 Å². The van der Waals surface area contributed by atoms with Gasteiger partial charge in [-0.1, -0.05) is 12.1 Å². The first-order valence-corrected chi connectivity index (χ1v) is 8.22. The van der Waals surface area contributed by atoms with Crippen LogP contribution in [0.15, 0.2) is 51.0 Å². The Bertz CT molecular complexity index is 734. The molecule has 1 aliphatic rings. The Morgan fingerprint density at radius 3 is 2.79 bits per heavy atom. The number of rotatable bonds is 2. The summed E-state index contributed by atoms with van der Waals surface area (Å²) in [6.45, 7) is 1.95. The van der Waals surface area contributed by atoms with E-state index in [1.54, 1.807) is 29.5 Å². The highest BCUT2D eigenvalue weighted by Gasteiger charge is 2.30. The van der Waals surface area contributed by atoms with Gasteiger partial charge in [0.25, 0.3) is 10.0 Å². The molecule has 1 aliphatic heterocycles. The second-order valence-electron chi connectivity index (χ2n) is 4.31. The van der Waals surface area contributed by atoms with Gasteiger partial charge >= 0.3 is 0 Å². The van der Waals surface area contributed by atoms with E-state index in [9.17, 15) is 8.42 Å². The van der Waals surface area contributed by atoms with Gasteiger partial charge in [0.2, 0.25) is 0 Å². The summed E-state index contributed by atoms with van der Waals surface area (Å²) >= 11 is 1.60. The molecule has 0 spiro atoms. The molecule has 1 atom stereocenters. The second-order valence-corrected chi connectivity index (χ2v) is 6.74. The molecule has 1 aromatic carbocycles. The van der Waals surface area contributed by atoms with Crippen molar-refractivity contribution >= 4 is 27.2 Å². The number of nitrogens with one attached hydrogen (secondary N) is 1. The molecule has 1 aromatic heterocycles. The highest BCUT2D eigenvalue weighted by Crippen LogP contribution is 2.26. The normalized spacial score (nSPS) is 19.9. The van der Waals surface area contributed by atoms with E-state index < -0.39 is 10.0 Å². The van der Waals surface area contributed by atoms with Crippen molar-refractivity contribution in [1.82, 2.24) is 4.72 Å². The molecule has 98 valence electrons. The number of aliphatic imine (C=N–C) groups is 1. The van der Waals surface area contributed by atoms with Crippen LogP contribution in [0.2, 0.25) is 0 Å². The summed E-state index contributed by atoms with van der Waals surface area (Å²) in [7, 11) is -3.45. The Morgan fingerprint density at radius 1 is 1.26 bits per heavy atom. The molecule has 19 heavy (non-hydrogen) atoms. The zero-order valence-corrected chi connectivity index (χ0v) is 11.8. The third-order valence-electron chi connectivity index (χ3n) is 3.01. The van der Waals surface area contributed by atoms with Crippen molar-refractivity contribution in [3.8, 4) is 0 Å². The van der Waals surface area contributed by atoms with Crippen LogP contribution in [0.4, 0.5) is 0 Å². The van der Waals surface area contributed by atoms with Gasteiger partial charge in [0.05, 0.1) is 10.9 Å². The minimum absolute atomic E-state index is 0.0740. The molecule has 0 radical (unpaired) electrons. The average molecular weight is 292 g/mol. The number of sulfonamides is 1. The van der Waals surface area contributed by atoms with Gasteiger partial charge in [-0.05, 0) is 41.4 Å². The fourth-order valence-corrected chi connectivity index (χ4v) is 4.00. The van der Waals surface area contributed by atoms with Crippen LogP contribution in [0.1, 0.15) is 24.1 Å². The van der Waals surface area contributed by atoms with Crippen molar-refractivity contribution in [3.05, 3.63) is 52.2 Å². The lowest BCUT2D eigenvalue weighted by molar-refractivity contribution is 0.595. The molecule has 6 heteroatoms. The molecular weight excluding hydrogens is 280 g/mol. The third-order valence-corrected chi connectivity index (χ3v) is 5.11. The van der Waals surface area contributed by atoms with Crippen LogP contribution >= 0.6 is 11.3 Å². The van der Waals surface area contributed by atoms with E-state index in [4.69, 9.17) is 0 Å². The van der Waals surface area contributed by atoms with Crippen LogP contribution in [0, 0.1) is 0 Å². The molecule has 3 rings (SSSR count). The van der Waals surface area contributed by atoms with Crippen molar-refractivity contribution < 1.29 is 8.42 Å².